The summed E-state index contributed by atoms with van der Waals surface area (Å²) in [6.07, 6.45) is 0.997. The first-order chi connectivity index (χ1) is 7.94. The van der Waals surface area contributed by atoms with Crippen LogP contribution >= 0.6 is 0 Å². The molecule has 17 heavy (non-hydrogen) atoms. The lowest BCUT2D eigenvalue weighted by molar-refractivity contribution is 0.365. The Morgan fingerprint density at radius 3 is 2.24 bits per heavy atom. The zero-order valence-corrected chi connectivity index (χ0v) is 11.6. The maximum atomic E-state index is 5.60. The van der Waals surface area contributed by atoms with Crippen LogP contribution in [-0.2, 0) is 6.54 Å². The molecule has 1 aromatic carbocycles. The molecule has 0 aliphatic carbocycles. The fourth-order valence-corrected chi connectivity index (χ4v) is 1.81. The molecule has 0 atom stereocenters. The molecular weight excluding hydrogens is 208 g/mol. The van der Waals surface area contributed by atoms with Gasteiger partial charge in [-0.05, 0) is 43.9 Å². The summed E-state index contributed by atoms with van der Waals surface area (Å²) in [4.78, 5) is 0. The summed E-state index contributed by atoms with van der Waals surface area (Å²) in [5.41, 5.74) is 8.44. The van der Waals surface area contributed by atoms with E-state index >= 15 is 0 Å². The van der Waals surface area contributed by atoms with Crippen molar-refractivity contribution in [2.75, 3.05) is 6.54 Å². The number of hydrogen-bond acceptors (Lipinski definition) is 2. The van der Waals surface area contributed by atoms with E-state index < -0.39 is 0 Å². The molecule has 0 aliphatic rings. The number of hydrogen-bond donors (Lipinski definition) is 2. The lowest BCUT2D eigenvalue weighted by atomic mass is 9.99. The molecule has 2 heteroatoms. The molecule has 2 nitrogen and oxygen atoms in total. The van der Waals surface area contributed by atoms with Gasteiger partial charge in [0.25, 0.3) is 0 Å². The molecule has 0 aromatic heterocycles. The van der Waals surface area contributed by atoms with Gasteiger partial charge in [-0.1, -0.05) is 38.1 Å². The van der Waals surface area contributed by atoms with Crippen LogP contribution in [0, 0.1) is 0 Å². The highest BCUT2D eigenvalue weighted by Gasteiger charge is 2.15. The van der Waals surface area contributed by atoms with Crippen LogP contribution < -0.4 is 11.1 Å². The Labute approximate surface area is 106 Å². The molecule has 1 rings (SSSR count). The molecular formula is C15H26N2. The Kier molecular flexibility index (Phi) is 5.16. The fraction of sp³-hybridized carbons (Fsp3) is 0.600. The smallest absolute Gasteiger partial charge is 0.0210 e. The Balaban J connectivity index is 2.52. The van der Waals surface area contributed by atoms with Crippen LogP contribution in [0.3, 0.4) is 0 Å². The highest BCUT2D eigenvalue weighted by atomic mass is 15.0. The summed E-state index contributed by atoms with van der Waals surface area (Å²) in [5, 5.41) is 3.54. The first-order valence-electron chi connectivity index (χ1n) is 6.48. The summed E-state index contributed by atoms with van der Waals surface area (Å²) < 4.78 is 0. The van der Waals surface area contributed by atoms with E-state index in [1.165, 1.54) is 11.1 Å². The van der Waals surface area contributed by atoms with Crippen molar-refractivity contribution in [3.8, 4) is 0 Å². The van der Waals surface area contributed by atoms with Crippen LogP contribution in [0.5, 0.6) is 0 Å². The van der Waals surface area contributed by atoms with Gasteiger partial charge in [0.1, 0.15) is 0 Å². The van der Waals surface area contributed by atoms with Crippen molar-refractivity contribution in [3.63, 3.8) is 0 Å². The minimum Gasteiger partial charge on any atom is -0.330 e. The van der Waals surface area contributed by atoms with Crippen LogP contribution in [0.4, 0.5) is 0 Å². The van der Waals surface area contributed by atoms with E-state index in [0.717, 1.165) is 19.5 Å². The van der Waals surface area contributed by atoms with Crippen LogP contribution in [-0.4, -0.2) is 12.1 Å². The minimum atomic E-state index is 0.117. The van der Waals surface area contributed by atoms with Gasteiger partial charge in [0.05, 0.1) is 0 Å². The molecule has 96 valence electrons. The van der Waals surface area contributed by atoms with Gasteiger partial charge in [0, 0.05) is 12.1 Å². The summed E-state index contributed by atoms with van der Waals surface area (Å²) in [6.45, 7) is 10.5. The van der Waals surface area contributed by atoms with Crippen molar-refractivity contribution in [1.82, 2.24) is 5.32 Å². The average Bonchev–Trinajstić information content (AvgIpc) is 2.27. The van der Waals surface area contributed by atoms with Gasteiger partial charge < -0.3 is 11.1 Å². The van der Waals surface area contributed by atoms with E-state index in [0.29, 0.717) is 5.92 Å². The maximum absolute atomic E-state index is 5.60. The molecule has 0 bridgehead atoms. The predicted octanol–water partition coefficient (Wildman–Crippen LogP) is 3.03. The molecule has 1 aromatic rings. The second-order valence-electron chi connectivity index (χ2n) is 5.67. The van der Waals surface area contributed by atoms with Crippen LogP contribution in [0.15, 0.2) is 24.3 Å². The van der Waals surface area contributed by atoms with Crippen molar-refractivity contribution in [2.45, 2.75) is 52.1 Å². The molecule has 0 saturated heterocycles. The van der Waals surface area contributed by atoms with Crippen LogP contribution in [0.25, 0.3) is 0 Å². The molecule has 0 heterocycles. The van der Waals surface area contributed by atoms with Crippen LogP contribution in [0.1, 0.15) is 51.2 Å². The Morgan fingerprint density at radius 2 is 1.76 bits per heavy atom. The molecule has 0 fully saturated rings. The van der Waals surface area contributed by atoms with Crippen molar-refractivity contribution < 1.29 is 0 Å². The van der Waals surface area contributed by atoms with Crippen molar-refractivity contribution in [2.24, 2.45) is 5.73 Å². The van der Waals surface area contributed by atoms with Gasteiger partial charge in [-0.3, -0.25) is 0 Å². The van der Waals surface area contributed by atoms with E-state index in [2.05, 4.69) is 57.3 Å². The normalized spacial score (nSPS) is 12.1. The first kappa shape index (κ1) is 14.2. The third-order valence-electron chi connectivity index (χ3n) is 3.19. The van der Waals surface area contributed by atoms with E-state index in [1.807, 2.05) is 0 Å². The van der Waals surface area contributed by atoms with E-state index in [1.54, 1.807) is 0 Å². The lowest BCUT2D eigenvalue weighted by Crippen LogP contribution is -2.40. The molecule has 0 aliphatic heterocycles. The van der Waals surface area contributed by atoms with E-state index in [-0.39, 0.29) is 5.54 Å². The zero-order valence-electron chi connectivity index (χ0n) is 11.6. The minimum absolute atomic E-state index is 0.117. The lowest BCUT2D eigenvalue weighted by Gasteiger charge is -2.25. The molecule has 0 radical (unpaired) electrons. The summed E-state index contributed by atoms with van der Waals surface area (Å²) in [5.74, 6) is 0.602. The first-order valence-corrected chi connectivity index (χ1v) is 6.48. The second kappa shape index (κ2) is 6.18. The molecule has 0 unspecified atom stereocenters. The third kappa shape index (κ3) is 4.88. The van der Waals surface area contributed by atoms with Gasteiger partial charge in [0.15, 0.2) is 0 Å². The topological polar surface area (TPSA) is 38.0 Å². The SMILES string of the molecule is CC(C)c1ccc(CNC(C)(C)CCN)cc1. The van der Waals surface area contributed by atoms with Crippen molar-refractivity contribution in [3.05, 3.63) is 35.4 Å². The van der Waals surface area contributed by atoms with E-state index in [4.69, 9.17) is 5.73 Å². The van der Waals surface area contributed by atoms with Gasteiger partial charge in [-0.25, -0.2) is 0 Å². The van der Waals surface area contributed by atoms with Crippen molar-refractivity contribution >= 4 is 0 Å². The monoisotopic (exact) mass is 234 g/mol. The predicted molar refractivity (Wildman–Crippen MR) is 75.1 cm³/mol. The summed E-state index contributed by atoms with van der Waals surface area (Å²) in [6, 6.07) is 8.86. The van der Waals surface area contributed by atoms with Gasteiger partial charge in [-0.15, -0.1) is 0 Å². The van der Waals surface area contributed by atoms with Gasteiger partial charge in [-0.2, -0.15) is 0 Å². The number of rotatable bonds is 6. The Bertz CT molecular complexity index is 325. The van der Waals surface area contributed by atoms with Gasteiger partial charge in [0.2, 0.25) is 0 Å². The van der Waals surface area contributed by atoms with E-state index in [9.17, 15) is 0 Å². The second-order valence-corrected chi connectivity index (χ2v) is 5.67. The summed E-state index contributed by atoms with van der Waals surface area (Å²) >= 11 is 0. The molecule has 0 saturated carbocycles. The van der Waals surface area contributed by atoms with Gasteiger partial charge >= 0.3 is 0 Å². The average molecular weight is 234 g/mol. The van der Waals surface area contributed by atoms with Crippen LogP contribution in [0.2, 0.25) is 0 Å². The summed E-state index contributed by atoms with van der Waals surface area (Å²) in [7, 11) is 0. The fourth-order valence-electron chi connectivity index (χ4n) is 1.81. The largest absolute Gasteiger partial charge is 0.330 e. The highest BCUT2D eigenvalue weighted by Crippen LogP contribution is 2.15. The quantitative estimate of drug-likeness (QED) is 0.794. The number of benzene rings is 1. The zero-order chi connectivity index (χ0) is 12.9. The standard InChI is InChI=1S/C15H26N2/c1-12(2)14-7-5-13(6-8-14)11-17-15(3,4)9-10-16/h5-8,12,17H,9-11,16H2,1-4H3. The Hall–Kier alpha value is -0.860. The Morgan fingerprint density at radius 1 is 1.18 bits per heavy atom. The number of nitrogens with two attached hydrogens (primary N) is 1. The van der Waals surface area contributed by atoms with Crippen molar-refractivity contribution in [1.29, 1.82) is 0 Å². The molecule has 3 N–H and O–H groups in total. The number of nitrogens with one attached hydrogen (secondary N) is 1. The molecule has 0 amide bonds. The molecule has 0 spiro atoms. The highest BCUT2D eigenvalue weighted by molar-refractivity contribution is 5.24. The maximum Gasteiger partial charge on any atom is 0.0210 e. The third-order valence-corrected chi connectivity index (χ3v) is 3.19.